The lowest BCUT2D eigenvalue weighted by molar-refractivity contribution is -0.152. The molecule has 2 aromatic heterocycles. The minimum atomic E-state index is -0.833. The number of nitrogens with two attached hydrogens (primary N) is 1. The summed E-state index contributed by atoms with van der Waals surface area (Å²) in [6, 6.07) is 3.74. The number of nitrogens with one attached hydrogen (secondary N) is 1. The van der Waals surface area contributed by atoms with Crippen LogP contribution in [-0.4, -0.2) is 46.6 Å². The van der Waals surface area contributed by atoms with Crippen molar-refractivity contribution in [2.24, 2.45) is 11.1 Å². The lowest BCUT2D eigenvalue weighted by Crippen LogP contribution is -2.32. The molecule has 0 spiro atoms. The van der Waals surface area contributed by atoms with Gasteiger partial charge in [-0.25, -0.2) is 4.98 Å². The summed E-state index contributed by atoms with van der Waals surface area (Å²) in [7, 11) is 1.36. The summed E-state index contributed by atoms with van der Waals surface area (Å²) >= 11 is 0. The molecule has 4 N–H and O–H groups in total. The van der Waals surface area contributed by atoms with Gasteiger partial charge in [-0.15, -0.1) is 0 Å². The number of aliphatic carboxylic acids is 1. The number of pyridine rings is 2. The van der Waals surface area contributed by atoms with Crippen LogP contribution in [-0.2, 0) is 14.3 Å². The smallest absolute Gasteiger partial charge is 0.314 e. The molecule has 2 rings (SSSR count). The summed E-state index contributed by atoms with van der Waals surface area (Å²) in [6.07, 6.45) is 3.38. The summed E-state index contributed by atoms with van der Waals surface area (Å²) in [6.45, 7) is 8.57. The van der Waals surface area contributed by atoms with Gasteiger partial charge in [-0.1, -0.05) is 0 Å². The lowest BCUT2D eigenvalue weighted by Gasteiger charge is -2.21. The van der Waals surface area contributed by atoms with Crippen LogP contribution in [0, 0.1) is 24.7 Å². The first kappa shape index (κ1) is 24.5. The maximum absolute atomic E-state index is 11.7. The predicted octanol–water partition coefficient (Wildman–Crippen LogP) is 2.71. The Kier molecular flexibility index (Phi) is 8.46. The number of nitrogen functional groups attached to an aromatic ring is 1. The largest absolute Gasteiger partial charge is 0.481 e. The molecule has 0 saturated heterocycles. The van der Waals surface area contributed by atoms with E-state index in [0.29, 0.717) is 11.6 Å². The summed E-state index contributed by atoms with van der Waals surface area (Å²) < 4.78 is 10.4. The lowest BCUT2D eigenvalue weighted by atomic mass is 9.95. The van der Waals surface area contributed by atoms with Crippen LogP contribution in [0.2, 0.25) is 0 Å². The molecule has 0 amide bonds. The molecule has 0 radical (unpaired) electrons. The maximum atomic E-state index is 11.7. The van der Waals surface area contributed by atoms with E-state index in [4.69, 9.17) is 30.5 Å². The van der Waals surface area contributed by atoms with Crippen LogP contribution in [0.15, 0.2) is 24.5 Å². The minimum Gasteiger partial charge on any atom is -0.481 e. The fourth-order valence-corrected chi connectivity index (χ4v) is 2.50. The third-order valence-corrected chi connectivity index (χ3v) is 4.05. The van der Waals surface area contributed by atoms with Crippen molar-refractivity contribution < 1.29 is 24.2 Å². The number of carboxylic acid groups (broad SMARTS) is 1. The molecule has 0 aliphatic heterocycles. The van der Waals surface area contributed by atoms with Gasteiger partial charge in [-0.2, -0.15) is 0 Å². The highest BCUT2D eigenvalue weighted by molar-refractivity contribution is 5.94. The van der Waals surface area contributed by atoms with E-state index in [1.165, 1.54) is 7.11 Å². The van der Waals surface area contributed by atoms with Gasteiger partial charge in [-0.3, -0.25) is 20.0 Å². The predicted molar refractivity (Wildman–Crippen MR) is 113 cm³/mol. The summed E-state index contributed by atoms with van der Waals surface area (Å²) in [5.74, 6) is -0.785. The number of hydrogen-bond donors (Lipinski definition) is 3. The molecule has 2 heterocycles. The van der Waals surface area contributed by atoms with Crippen molar-refractivity contribution in [1.29, 1.82) is 5.41 Å². The first-order valence-electron chi connectivity index (χ1n) is 9.07. The van der Waals surface area contributed by atoms with Crippen LogP contribution in [0.5, 0.6) is 5.88 Å². The molecule has 2 aromatic rings. The van der Waals surface area contributed by atoms with Crippen LogP contribution in [0.25, 0.3) is 11.1 Å². The Hall–Kier alpha value is -3.49. The monoisotopic (exact) mass is 416 g/mol. The number of carbonyl (C=O) groups is 2. The Balaban J connectivity index is 0.00000103. The second kappa shape index (κ2) is 10.3. The number of ether oxygens (including phenoxy) is 2. The SMILES string of the molecule is CC(=O)O.COC(=O)C(C)(C)COc1cc(C)c(-c2cnc(C(=N)N)c(C)c2)cn1. The molecule has 0 aliphatic rings. The molecule has 0 bridgehead atoms. The molecular weight excluding hydrogens is 388 g/mol. The van der Waals surface area contributed by atoms with E-state index in [0.717, 1.165) is 29.2 Å². The molecule has 0 atom stereocenters. The number of carboxylic acids is 1. The molecule has 162 valence electrons. The summed E-state index contributed by atoms with van der Waals surface area (Å²) in [4.78, 5) is 29.3. The molecule has 30 heavy (non-hydrogen) atoms. The van der Waals surface area contributed by atoms with E-state index in [9.17, 15) is 4.79 Å². The zero-order chi connectivity index (χ0) is 23.1. The molecule has 0 saturated carbocycles. The van der Waals surface area contributed by atoms with E-state index < -0.39 is 11.4 Å². The molecule has 0 aromatic carbocycles. The van der Waals surface area contributed by atoms with Crippen molar-refractivity contribution in [3.63, 3.8) is 0 Å². The van der Waals surface area contributed by atoms with Gasteiger partial charge in [0.05, 0.1) is 12.5 Å². The fraction of sp³-hybridized carbons (Fsp3) is 0.381. The Morgan fingerprint density at radius 3 is 2.23 bits per heavy atom. The van der Waals surface area contributed by atoms with E-state index in [1.54, 1.807) is 26.2 Å². The van der Waals surface area contributed by atoms with E-state index in [-0.39, 0.29) is 18.4 Å². The number of amidine groups is 1. The molecule has 0 fully saturated rings. The van der Waals surface area contributed by atoms with Gasteiger partial charge in [0, 0.05) is 36.5 Å². The highest BCUT2D eigenvalue weighted by Crippen LogP contribution is 2.27. The van der Waals surface area contributed by atoms with Crippen molar-refractivity contribution >= 4 is 17.8 Å². The summed E-state index contributed by atoms with van der Waals surface area (Å²) in [5.41, 5.74) is 8.82. The number of aryl methyl sites for hydroxylation is 2. The number of carbonyl (C=O) groups excluding carboxylic acids is 1. The summed E-state index contributed by atoms with van der Waals surface area (Å²) in [5, 5.41) is 14.9. The molecular formula is C21H28N4O5. The van der Waals surface area contributed by atoms with Crippen LogP contribution < -0.4 is 10.5 Å². The van der Waals surface area contributed by atoms with Gasteiger partial charge in [0.15, 0.2) is 0 Å². The quantitative estimate of drug-likeness (QED) is 0.370. The zero-order valence-corrected chi connectivity index (χ0v) is 18.1. The van der Waals surface area contributed by atoms with Crippen molar-refractivity contribution in [2.45, 2.75) is 34.6 Å². The number of hydrogen-bond acceptors (Lipinski definition) is 7. The number of nitrogens with zero attached hydrogens (tertiary/aromatic N) is 2. The highest BCUT2D eigenvalue weighted by atomic mass is 16.5. The normalized spacial score (nSPS) is 10.5. The highest BCUT2D eigenvalue weighted by Gasteiger charge is 2.30. The second-order valence-electron chi connectivity index (χ2n) is 7.32. The Labute approximate surface area is 175 Å². The maximum Gasteiger partial charge on any atom is 0.314 e. The average molecular weight is 416 g/mol. The zero-order valence-electron chi connectivity index (χ0n) is 18.1. The van der Waals surface area contributed by atoms with Gasteiger partial charge < -0.3 is 20.3 Å². The first-order chi connectivity index (χ1) is 13.9. The second-order valence-corrected chi connectivity index (χ2v) is 7.32. The number of esters is 1. The third kappa shape index (κ3) is 6.84. The van der Waals surface area contributed by atoms with Crippen LogP contribution in [0.4, 0.5) is 0 Å². The third-order valence-electron chi connectivity index (χ3n) is 4.05. The minimum absolute atomic E-state index is 0.0548. The van der Waals surface area contributed by atoms with E-state index in [1.807, 2.05) is 26.0 Å². The standard InChI is InChI=1S/C19H24N4O3.C2H4O2/c1-11-7-15(26-10-19(3,4)18(24)25-5)22-9-14(11)13-6-12(2)16(17(20)21)23-8-13;1-2(3)4/h6-9H,10H2,1-5H3,(H3,20,21);1H3,(H,3,4). The van der Waals surface area contributed by atoms with Crippen LogP contribution >= 0.6 is 0 Å². The van der Waals surface area contributed by atoms with Crippen LogP contribution in [0.1, 0.15) is 37.6 Å². The van der Waals surface area contributed by atoms with Gasteiger partial charge in [0.2, 0.25) is 5.88 Å². The average Bonchev–Trinajstić information content (AvgIpc) is 2.65. The van der Waals surface area contributed by atoms with Crippen molar-refractivity contribution in [2.75, 3.05) is 13.7 Å². The van der Waals surface area contributed by atoms with Gasteiger partial charge in [-0.05, 0) is 44.9 Å². The number of aromatic nitrogens is 2. The van der Waals surface area contributed by atoms with Crippen molar-refractivity contribution in [3.8, 4) is 17.0 Å². The molecule has 9 nitrogen and oxygen atoms in total. The molecule has 0 unspecified atom stereocenters. The van der Waals surface area contributed by atoms with Gasteiger partial charge in [0.25, 0.3) is 5.97 Å². The fourth-order valence-electron chi connectivity index (χ4n) is 2.50. The number of methoxy groups -OCH3 is 1. The Morgan fingerprint density at radius 1 is 1.17 bits per heavy atom. The molecule has 9 heteroatoms. The van der Waals surface area contributed by atoms with Crippen molar-refractivity contribution in [3.05, 3.63) is 41.3 Å². The number of rotatable bonds is 6. The topological polar surface area (TPSA) is 148 Å². The van der Waals surface area contributed by atoms with Gasteiger partial charge in [0.1, 0.15) is 18.1 Å². The van der Waals surface area contributed by atoms with Crippen molar-refractivity contribution in [1.82, 2.24) is 9.97 Å². The Bertz CT molecular complexity index is 937. The van der Waals surface area contributed by atoms with E-state index >= 15 is 0 Å². The first-order valence-corrected chi connectivity index (χ1v) is 9.07. The van der Waals surface area contributed by atoms with Gasteiger partial charge >= 0.3 is 5.97 Å². The Morgan fingerprint density at radius 2 is 1.77 bits per heavy atom. The molecule has 0 aliphatic carbocycles. The van der Waals surface area contributed by atoms with Crippen LogP contribution in [0.3, 0.4) is 0 Å². The van der Waals surface area contributed by atoms with E-state index in [2.05, 4.69) is 9.97 Å².